The second kappa shape index (κ2) is 7.30. The van der Waals surface area contributed by atoms with Crippen molar-refractivity contribution in [2.45, 2.75) is 86.5 Å². The summed E-state index contributed by atoms with van der Waals surface area (Å²) < 4.78 is 0. The van der Waals surface area contributed by atoms with Gasteiger partial charge in [-0.25, -0.2) is 0 Å². The predicted molar refractivity (Wildman–Crippen MR) is 122 cm³/mol. The van der Waals surface area contributed by atoms with Gasteiger partial charge in [-0.3, -0.25) is 0 Å². The minimum atomic E-state index is 0. The van der Waals surface area contributed by atoms with Gasteiger partial charge in [-0.2, -0.15) is 0 Å². The summed E-state index contributed by atoms with van der Waals surface area (Å²) in [5.41, 5.74) is 11.8. The molecule has 0 saturated heterocycles. The van der Waals surface area contributed by atoms with Gasteiger partial charge in [0, 0.05) is 0 Å². The first-order chi connectivity index (χ1) is 12.0. The first-order valence-corrected chi connectivity index (χ1v) is 9.93. The predicted octanol–water partition coefficient (Wildman–Crippen LogP) is 8.13. The van der Waals surface area contributed by atoms with E-state index in [1.165, 1.54) is 46.2 Å². The average molecular weight is 363 g/mol. The van der Waals surface area contributed by atoms with Crippen LogP contribution in [0.4, 0.5) is 0 Å². The third-order valence-electron chi connectivity index (χ3n) is 6.31. The van der Waals surface area contributed by atoms with Crippen LogP contribution in [0.25, 0.3) is 5.57 Å². The second-order valence-electron chi connectivity index (χ2n) is 9.72. The lowest BCUT2D eigenvalue weighted by Crippen LogP contribution is -2.34. The summed E-state index contributed by atoms with van der Waals surface area (Å²) in [6, 6.07) is 14.0. The highest BCUT2D eigenvalue weighted by molar-refractivity contribution is 5.84. The summed E-state index contributed by atoms with van der Waals surface area (Å²) in [4.78, 5) is 0. The van der Waals surface area contributed by atoms with E-state index < -0.39 is 0 Å². The van der Waals surface area contributed by atoms with Crippen molar-refractivity contribution in [3.63, 3.8) is 0 Å². The number of hydrogen-bond acceptors (Lipinski definition) is 0. The molecule has 0 amide bonds. The Bertz CT molecular complexity index is 854. The van der Waals surface area contributed by atoms with E-state index in [0.717, 1.165) is 0 Å². The molecule has 0 radical (unpaired) electrons. The molecule has 0 atom stereocenters. The molecule has 0 heterocycles. The summed E-state index contributed by atoms with van der Waals surface area (Å²) >= 11 is 0. The summed E-state index contributed by atoms with van der Waals surface area (Å²) in [6.07, 6.45) is 2.52. The fourth-order valence-corrected chi connectivity index (χ4v) is 4.43. The fraction of sp³-hybridized carbons (Fsp3) is 0.481. The van der Waals surface area contributed by atoms with Gasteiger partial charge in [0.15, 0.2) is 0 Å². The Kier molecular flexibility index (Phi) is 5.81. The van der Waals surface area contributed by atoms with E-state index in [4.69, 9.17) is 0 Å². The number of fused-ring (bicyclic) bond motifs is 1. The smallest absolute Gasteiger partial charge is 0.0100 e. The van der Waals surface area contributed by atoms with Crippen LogP contribution < -0.4 is 0 Å². The highest BCUT2D eigenvalue weighted by Crippen LogP contribution is 2.47. The highest BCUT2D eigenvalue weighted by Gasteiger charge is 2.37. The number of aryl methyl sites for hydroxylation is 2. The maximum Gasteiger partial charge on any atom is -0.0100 e. The SMILES string of the molecule is C.CC(C)=C(c1ccc(C)cc1)c1cc2c(cc1C)C(C)(C)CCC2(C)C. The van der Waals surface area contributed by atoms with E-state index in [1.54, 1.807) is 11.1 Å². The number of allylic oxidation sites excluding steroid dienone is 1. The molecule has 0 N–H and O–H groups in total. The maximum atomic E-state index is 2.51. The molecule has 0 aromatic heterocycles. The minimum Gasteiger partial charge on any atom is -0.0776 e. The molecular formula is C27H38. The van der Waals surface area contributed by atoms with Crippen molar-refractivity contribution in [1.29, 1.82) is 0 Å². The van der Waals surface area contributed by atoms with Gasteiger partial charge in [-0.15, -0.1) is 0 Å². The van der Waals surface area contributed by atoms with Gasteiger partial charge in [-0.1, -0.05) is 82.7 Å². The van der Waals surface area contributed by atoms with Crippen molar-refractivity contribution in [3.05, 3.63) is 75.4 Å². The van der Waals surface area contributed by atoms with Crippen molar-refractivity contribution in [3.8, 4) is 0 Å². The molecule has 1 aliphatic carbocycles. The topological polar surface area (TPSA) is 0 Å². The number of hydrogen-bond donors (Lipinski definition) is 0. The van der Waals surface area contributed by atoms with Gasteiger partial charge in [0.1, 0.15) is 0 Å². The van der Waals surface area contributed by atoms with E-state index in [-0.39, 0.29) is 18.3 Å². The Labute approximate surface area is 167 Å². The normalized spacial score (nSPS) is 16.9. The van der Waals surface area contributed by atoms with Crippen LogP contribution in [-0.2, 0) is 10.8 Å². The monoisotopic (exact) mass is 362 g/mol. The Morgan fingerprint density at radius 2 is 1.26 bits per heavy atom. The van der Waals surface area contributed by atoms with E-state index in [9.17, 15) is 0 Å². The van der Waals surface area contributed by atoms with Crippen molar-refractivity contribution >= 4 is 5.57 Å². The van der Waals surface area contributed by atoms with Crippen LogP contribution in [0.1, 0.15) is 95.2 Å². The number of benzene rings is 2. The first kappa shape index (κ1) is 21.5. The van der Waals surface area contributed by atoms with Gasteiger partial charge in [0.2, 0.25) is 0 Å². The molecule has 2 aromatic rings. The van der Waals surface area contributed by atoms with Crippen molar-refractivity contribution in [2.24, 2.45) is 0 Å². The van der Waals surface area contributed by atoms with Crippen molar-refractivity contribution in [1.82, 2.24) is 0 Å². The second-order valence-corrected chi connectivity index (χ2v) is 9.72. The maximum absolute atomic E-state index is 2.51. The van der Waals surface area contributed by atoms with Gasteiger partial charge in [-0.05, 0) is 84.8 Å². The molecule has 0 bridgehead atoms. The first-order valence-electron chi connectivity index (χ1n) is 9.93. The van der Waals surface area contributed by atoms with Crippen LogP contribution in [-0.4, -0.2) is 0 Å². The van der Waals surface area contributed by atoms with Crippen LogP contribution in [0.3, 0.4) is 0 Å². The summed E-state index contributed by atoms with van der Waals surface area (Å²) in [6.45, 7) is 18.5. The van der Waals surface area contributed by atoms with Gasteiger partial charge < -0.3 is 0 Å². The lowest BCUT2D eigenvalue weighted by Gasteiger charge is -2.42. The number of rotatable bonds is 2. The Hall–Kier alpha value is -1.82. The molecule has 27 heavy (non-hydrogen) atoms. The van der Waals surface area contributed by atoms with E-state index in [1.807, 2.05) is 0 Å². The molecule has 0 unspecified atom stereocenters. The molecule has 0 spiro atoms. The van der Waals surface area contributed by atoms with Gasteiger partial charge in [0.25, 0.3) is 0 Å². The van der Waals surface area contributed by atoms with Crippen LogP contribution >= 0.6 is 0 Å². The molecular weight excluding hydrogens is 324 g/mol. The summed E-state index contributed by atoms with van der Waals surface area (Å²) in [5, 5.41) is 0. The lowest BCUT2D eigenvalue weighted by molar-refractivity contribution is 0.331. The molecule has 2 aromatic carbocycles. The summed E-state index contributed by atoms with van der Waals surface area (Å²) in [5.74, 6) is 0. The van der Waals surface area contributed by atoms with Crippen molar-refractivity contribution < 1.29 is 0 Å². The molecule has 0 aliphatic heterocycles. The van der Waals surface area contributed by atoms with Crippen LogP contribution in [0.5, 0.6) is 0 Å². The Morgan fingerprint density at radius 1 is 0.778 bits per heavy atom. The van der Waals surface area contributed by atoms with E-state index in [0.29, 0.717) is 0 Å². The lowest BCUT2D eigenvalue weighted by atomic mass is 9.62. The average Bonchev–Trinajstić information content (AvgIpc) is 2.55. The Balaban J connectivity index is 0.00000261. The standard InChI is InChI=1S/C26H34.CH4/c1-17(2)24(20-11-9-18(3)10-12-20)21-16-23-22(15-19(21)4)25(5,6)13-14-26(23,7)8;/h9-12,15-16H,13-14H2,1-8H3;1H4. The largest absolute Gasteiger partial charge is 0.0776 e. The van der Waals surface area contributed by atoms with Crippen LogP contribution in [0, 0.1) is 13.8 Å². The zero-order chi connectivity index (χ0) is 19.3. The van der Waals surface area contributed by atoms with Crippen LogP contribution in [0.15, 0.2) is 42.0 Å². The zero-order valence-corrected chi connectivity index (χ0v) is 17.9. The van der Waals surface area contributed by atoms with Crippen LogP contribution in [0.2, 0.25) is 0 Å². The highest BCUT2D eigenvalue weighted by atomic mass is 14.4. The van der Waals surface area contributed by atoms with Gasteiger partial charge in [0.05, 0.1) is 0 Å². The molecule has 1 aliphatic rings. The van der Waals surface area contributed by atoms with E-state index >= 15 is 0 Å². The van der Waals surface area contributed by atoms with E-state index in [2.05, 4.69) is 91.8 Å². The molecule has 3 rings (SSSR count). The minimum absolute atomic E-state index is 0. The third-order valence-corrected chi connectivity index (χ3v) is 6.31. The zero-order valence-electron chi connectivity index (χ0n) is 17.9. The third kappa shape index (κ3) is 3.91. The molecule has 0 fully saturated rings. The van der Waals surface area contributed by atoms with Crippen molar-refractivity contribution in [2.75, 3.05) is 0 Å². The van der Waals surface area contributed by atoms with Gasteiger partial charge >= 0.3 is 0 Å². The molecule has 0 saturated carbocycles. The summed E-state index contributed by atoms with van der Waals surface area (Å²) in [7, 11) is 0. The molecule has 0 nitrogen and oxygen atoms in total. The quantitative estimate of drug-likeness (QED) is 0.506. The molecule has 146 valence electrons. The molecule has 0 heteroatoms. The fourth-order valence-electron chi connectivity index (χ4n) is 4.43. The Morgan fingerprint density at radius 3 is 1.74 bits per heavy atom.